The van der Waals surface area contributed by atoms with E-state index >= 15 is 0 Å². The number of aryl methyl sites for hydroxylation is 1. The number of hydrogen-bond donors (Lipinski definition) is 1. The van der Waals surface area contributed by atoms with Crippen LogP contribution < -0.4 is 0 Å². The molecule has 1 unspecified atom stereocenters. The van der Waals surface area contributed by atoms with E-state index in [2.05, 4.69) is 10.1 Å². The number of rotatable bonds is 3. The zero-order valence-corrected chi connectivity index (χ0v) is 8.60. The molecule has 0 amide bonds. The third-order valence-corrected chi connectivity index (χ3v) is 1.90. The molecule has 0 aromatic carbocycles. The molecular formula is C10H12N2O3. The van der Waals surface area contributed by atoms with E-state index in [1.165, 1.54) is 0 Å². The Labute approximate surface area is 86.7 Å². The summed E-state index contributed by atoms with van der Waals surface area (Å²) in [7, 11) is 0. The molecule has 0 aliphatic carbocycles. The van der Waals surface area contributed by atoms with Crippen molar-refractivity contribution in [2.24, 2.45) is 0 Å². The molecule has 2 heterocycles. The fourth-order valence-corrected chi connectivity index (χ4v) is 1.25. The summed E-state index contributed by atoms with van der Waals surface area (Å²) in [5.74, 6) is 2.20. The highest BCUT2D eigenvalue weighted by Crippen LogP contribution is 2.18. The monoisotopic (exact) mass is 208 g/mol. The molecular weight excluding hydrogens is 196 g/mol. The minimum atomic E-state index is -0.489. The molecule has 1 atom stereocenters. The summed E-state index contributed by atoms with van der Waals surface area (Å²) < 4.78 is 10.3. The van der Waals surface area contributed by atoms with Gasteiger partial charge in [-0.05, 0) is 26.0 Å². The SMILES string of the molecule is Cc1ccc(-c2noc(CC(C)O)n2)o1. The van der Waals surface area contributed by atoms with Gasteiger partial charge in [-0.15, -0.1) is 0 Å². The predicted octanol–water partition coefficient (Wildman–Crippen LogP) is 1.56. The summed E-state index contributed by atoms with van der Waals surface area (Å²) in [6.07, 6.45) is -0.135. The number of furan rings is 1. The summed E-state index contributed by atoms with van der Waals surface area (Å²) >= 11 is 0. The number of aliphatic hydroxyl groups excluding tert-OH is 1. The second kappa shape index (κ2) is 3.86. The zero-order chi connectivity index (χ0) is 10.8. The number of nitrogens with zero attached hydrogens (tertiary/aromatic N) is 2. The van der Waals surface area contributed by atoms with Gasteiger partial charge >= 0.3 is 0 Å². The Balaban J connectivity index is 2.20. The van der Waals surface area contributed by atoms with Gasteiger partial charge in [-0.1, -0.05) is 5.16 Å². The normalized spacial score (nSPS) is 13.0. The van der Waals surface area contributed by atoms with Gasteiger partial charge in [-0.3, -0.25) is 0 Å². The van der Waals surface area contributed by atoms with Crippen LogP contribution in [0.25, 0.3) is 11.6 Å². The number of hydrogen-bond acceptors (Lipinski definition) is 5. The van der Waals surface area contributed by atoms with E-state index in [9.17, 15) is 0 Å². The summed E-state index contributed by atoms with van der Waals surface area (Å²) in [6.45, 7) is 3.52. The van der Waals surface area contributed by atoms with Gasteiger partial charge in [0.25, 0.3) is 0 Å². The van der Waals surface area contributed by atoms with Crippen LogP contribution in [-0.2, 0) is 6.42 Å². The molecule has 0 saturated heterocycles. The van der Waals surface area contributed by atoms with Crippen molar-refractivity contribution >= 4 is 0 Å². The third kappa shape index (κ3) is 2.24. The number of aromatic nitrogens is 2. The second-order valence-electron chi connectivity index (χ2n) is 3.48. The summed E-state index contributed by atoms with van der Waals surface area (Å²) in [4.78, 5) is 4.10. The maximum Gasteiger partial charge on any atom is 0.238 e. The molecule has 0 aliphatic rings. The molecule has 2 aromatic heterocycles. The van der Waals surface area contributed by atoms with E-state index in [4.69, 9.17) is 14.0 Å². The minimum Gasteiger partial charge on any atom is -0.458 e. The third-order valence-electron chi connectivity index (χ3n) is 1.90. The molecule has 2 rings (SSSR count). The highest BCUT2D eigenvalue weighted by molar-refractivity contribution is 5.45. The van der Waals surface area contributed by atoms with Crippen molar-refractivity contribution in [3.8, 4) is 11.6 Å². The second-order valence-corrected chi connectivity index (χ2v) is 3.48. The average Bonchev–Trinajstić information content (AvgIpc) is 2.72. The molecule has 15 heavy (non-hydrogen) atoms. The van der Waals surface area contributed by atoms with Gasteiger partial charge in [0.15, 0.2) is 5.76 Å². The van der Waals surface area contributed by atoms with Crippen molar-refractivity contribution < 1.29 is 14.0 Å². The van der Waals surface area contributed by atoms with Crippen LogP contribution >= 0.6 is 0 Å². The maximum absolute atomic E-state index is 9.14. The molecule has 0 saturated carbocycles. The first kappa shape index (κ1) is 9.92. The molecule has 0 bridgehead atoms. The minimum absolute atomic E-state index is 0.354. The van der Waals surface area contributed by atoms with Crippen LogP contribution in [0.5, 0.6) is 0 Å². The topological polar surface area (TPSA) is 72.3 Å². The standard InChI is InChI=1S/C10H12N2O3/c1-6(13)5-9-11-10(12-15-9)8-4-3-7(2)14-8/h3-4,6,13H,5H2,1-2H3. The lowest BCUT2D eigenvalue weighted by atomic mass is 10.3. The quantitative estimate of drug-likeness (QED) is 0.828. The van der Waals surface area contributed by atoms with Gasteiger partial charge in [0.2, 0.25) is 11.7 Å². The highest BCUT2D eigenvalue weighted by atomic mass is 16.5. The molecule has 1 N–H and O–H groups in total. The highest BCUT2D eigenvalue weighted by Gasteiger charge is 2.12. The molecule has 0 aliphatic heterocycles. The van der Waals surface area contributed by atoms with E-state index in [0.29, 0.717) is 23.9 Å². The summed E-state index contributed by atoms with van der Waals surface area (Å²) in [5, 5.41) is 12.9. The Morgan fingerprint density at radius 1 is 1.47 bits per heavy atom. The molecule has 0 radical (unpaired) electrons. The zero-order valence-electron chi connectivity index (χ0n) is 8.60. The molecule has 0 fully saturated rings. The van der Waals surface area contributed by atoms with Crippen LogP contribution in [0.2, 0.25) is 0 Å². The fourth-order valence-electron chi connectivity index (χ4n) is 1.25. The van der Waals surface area contributed by atoms with Crippen molar-refractivity contribution in [2.45, 2.75) is 26.4 Å². The van der Waals surface area contributed by atoms with E-state index < -0.39 is 6.10 Å². The van der Waals surface area contributed by atoms with E-state index in [-0.39, 0.29) is 0 Å². The van der Waals surface area contributed by atoms with Crippen LogP contribution in [0.15, 0.2) is 21.1 Å². The van der Waals surface area contributed by atoms with Crippen molar-refractivity contribution in [1.82, 2.24) is 10.1 Å². The van der Waals surface area contributed by atoms with Gasteiger partial charge in [-0.25, -0.2) is 0 Å². The van der Waals surface area contributed by atoms with E-state index in [1.807, 2.05) is 13.0 Å². The lowest BCUT2D eigenvalue weighted by molar-refractivity contribution is 0.181. The summed E-state index contributed by atoms with van der Waals surface area (Å²) in [5.41, 5.74) is 0. The van der Waals surface area contributed by atoms with Crippen molar-refractivity contribution in [3.05, 3.63) is 23.8 Å². The largest absolute Gasteiger partial charge is 0.458 e. The van der Waals surface area contributed by atoms with Gasteiger partial charge in [0.1, 0.15) is 5.76 Å². The van der Waals surface area contributed by atoms with Gasteiger partial charge in [0, 0.05) is 0 Å². The lowest BCUT2D eigenvalue weighted by Crippen LogP contribution is -2.04. The Morgan fingerprint density at radius 2 is 2.27 bits per heavy atom. The molecule has 80 valence electrons. The number of aliphatic hydroxyl groups is 1. The Hall–Kier alpha value is -1.62. The molecule has 2 aromatic rings. The first-order valence-electron chi connectivity index (χ1n) is 4.72. The maximum atomic E-state index is 9.14. The van der Waals surface area contributed by atoms with Crippen LogP contribution in [0.1, 0.15) is 18.6 Å². The lowest BCUT2D eigenvalue weighted by Gasteiger charge is -1.95. The Bertz CT molecular complexity index is 445. The smallest absolute Gasteiger partial charge is 0.238 e. The predicted molar refractivity (Wildman–Crippen MR) is 52.1 cm³/mol. The van der Waals surface area contributed by atoms with Crippen LogP contribution in [-0.4, -0.2) is 21.4 Å². The van der Waals surface area contributed by atoms with Crippen LogP contribution in [0.3, 0.4) is 0 Å². The van der Waals surface area contributed by atoms with Gasteiger partial charge in [0.05, 0.1) is 12.5 Å². The average molecular weight is 208 g/mol. The van der Waals surface area contributed by atoms with Crippen molar-refractivity contribution in [1.29, 1.82) is 0 Å². The Kier molecular flexibility index (Phi) is 2.55. The van der Waals surface area contributed by atoms with Gasteiger partial charge in [-0.2, -0.15) is 4.98 Å². The van der Waals surface area contributed by atoms with Crippen LogP contribution in [0, 0.1) is 6.92 Å². The molecule has 5 nitrogen and oxygen atoms in total. The fraction of sp³-hybridized carbons (Fsp3) is 0.400. The molecule has 0 spiro atoms. The first-order valence-corrected chi connectivity index (χ1v) is 4.72. The first-order chi connectivity index (χ1) is 7.15. The Morgan fingerprint density at radius 3 is 2.87 bits per heavy atom. The van der Waals surface area contributed by atoms with E-state index in [1.54, 1.807) is 13.0 Å². The molecule has 5 heteroatoms. The van der Waals surface area contributed by atoms with E-state index in [0.717, 1.165) is 5.76 Å². The van der Waals surface area contributed by atoms with Gasteiger partial charge < -0.3 is 14.0 Å². The van der Waals surface area contributed by atoms with Crippen molar-refractivity contribution in [2.75, 3.05) is 0 Å². The van der Waals surface area contributed by atoms with Crippen molar-refractivity contribution in [3.63, 3.8) is 0 Å². The summed E-state index contributed by atoms with van der Waals surface area (Å²) in [6, 6.07) is 3.62. The van der Waals surface area contributed by atoms with Crippen LogP contribution in [0.4, 0.5) is 0 Å².